The SMILES string of the molecule is CC[C@@H]1CN(CC(CO)c2ccc(O)cn2)C[C@@H]1CC. The number of hydrogen-bond donors (Lipinski definition) is 2. The molecule has 1 aromatic rings. The van der Waals surface area contributed by atoms with Crippen LogP contribution in [0.15, 0.2) is 18.3 Å². The number of hydrogen-bond acceptors (Lipinski definition) is 4. The van der Waals surface area contributed by atoms with Crippen LogP contribution in [0.5, 0.6) is 5.75 Å². The fourth-order valence-electron chi connectivity index (χ4n) is 3.31. The molecule has 1 fully saturated rings. The van der Waals surface area contributed by atoms with Gasteiger partial charge in [0.25, 0.3) is 0 Å². The molecule has 1 saturated heterocycles. The molecule has 4 heteroatoms. The van der Waals surface area contributed by atoms with Crippen LogP contribution in [0.3, 0.4) is 0 Å². The van der Waals surface area contributed by atoms with E-state index in [0.29, 0.717) is 0 Å². The van der Waals surface area contributed by atoms with Crippen molar-refractivity contribution in [3.8, 4) is 5.75 Å². The second-order valence-electron chi connectivity index (χ2n) is 5.88. The topological polar surface area (TPSA) is 56.6 Å². The summed E-state index contributed by atoms with van der Waals surface area (Å²) in [6.45, 7) is 7.74. The summed E-state index contributed by atoms with van der Waals surface area (Å²) in [5.74, 6) is 1.77. The van der Waals surface area contributed by atoms with E-state index in [1.54, 1.807) is 12.1 Å². The summed E-state index contributed by atoms with van der Waals surface area (Å²) in [7, 11) is 0. The van der Waals surface area contributed by atoms with Crippen molar-refractivity contribution in [3.05, 3.63) is 24.0 Å². The zero-order valence-corrected chi connectivity index (χ0v) is 12.5. The molecule has 0 aromatic carbocycles. The first-order valence-corrected chi connectivity index (χ1v) is 7.66. The first-order chi connectivity index (χ1) is 9.67. The Morgan fingerprint density at radius 1 is 1.25 bits per heavy atom. The lowest BCUT2D eigenvalue weighted by Gasteiger charge is -2.22. The van der Waals surface area contributed by atoms with E-state index in [9.17, 15) is 10.2 Å². The van der Waals surface area contributed by atoms with E-state index in [1.165, 1.54) is 19.0 Å². The first kappa shape index (κ1) is 15.3. The lowest BCUT2D eigenvalue weighted by Crippen LogP contribution is -2.29. The van der Waals surface area contributed by atoms with Crippen molar-refractivity contribution in [1.29, 1.82) is 0 Å². The van der Waals surface area contributed by atoms with Crippen LogP contribution in [-0.2, 0) is 0 Å². The summed E-state index contributed by atoms with van der Waals surface area (Å²) in [6, 6.07) is 3.44. The molecule has 0 radical (unpaired) electrons. The number of rotatable bonds is 6. The Morgan fingerprint density at radius 2 is 1.90 bits per heavy atom. The Morgan fingerprint density at radius 3 is 2.35 bits per heavy atom. The molecule has 0 spiro atoms. The van der Waals surface area contributed by atoms with Gasteiger partial charge in [0.2, 0.25) is 0 Å². The maximum Gasteiger partial charge on any atom is 0.133 e. The van der Waals surface area contributed by atoms with Gasteiger partial charge in [0, 0.05) is 31.2 Å². The van der Waals surface area contributed by atoms with Gasteiger partial charge in [0.05, 0.1) is 12.8 Å². The molecule has 2 heterocycles. The lowest BCUT2D eigenvalue weighted by atomic mass is 9.92. The average molecular weight is 278 g/mol. The van der Waals surface area contributed by atoms with E-state index in [1.807, 2.05) is 0 Å². The molecule has 1 aliphatic rings. The second-order valence-corrected chi connectivity index (χ2v) is 5.88. The van der Waals surface area contributed by atoms with Gasteiger partial charge in [0.1, 0.15) is 5.75 Å². The zero-order valence-electron chi connectivity index (χ0n) is 12.5. The summed E-state index contributed by atoms with van der Waals surface area (Å²) in [5.41, 5.74) is 0.860. The van der Waals surface area contributed by atoms with Crippen molar-refractivity contribution >= 4 is 0 Å². The van der Waals surface area contributed by atoms with Crippen LogP contribution < -0.4 is 0 Å². The minimum Gasteiger partial charge on any atom is -0.506 e. The van der Waals surface area contributed by atoms with E-state index in [4.69, 9.17) is 0 Å². The summed E-state index contributed by atoms with van der Waals surface area (Å²) >= 11 is 0. The lowest BCUT2D eigenvalue weighted by molar-refractivity contribution is 0.213. The molecular weight excluding hydrogens is 252 g/mol. The van der Waals surface area contributed by atoms with E-state index in [0.717, 1.165) is 37.2 Å². The van der Waals surface area contributed by atoms with E-state index >= 15 is 0 Å². The summed E-state index contributed by atoms with van der Waals surface area (Å²) < 4.78 is 0. The Labute approximate surface area is 121 Å². The molecule has 1 unspecified atom stereocenters. The molecule has 2 rings (SSSR count). The highest BCUT2D eigenvalue weighted by Gasteiger charge is 2.31. The number of pyridine rings is 1. The first-order valence-electron chi connectivity index (χ1n) is 7.66. The molecule has 0 amide bonds. The number of aliphatic hydroxyl groups is 1. The van der Waals surface area contributed by atoms with Gasteiger partial charge in [-0.1, -0.05) is 26.7 Å². The number of aromatic hydroxyl groups is 1. The maximum atomic E-state index is 9.63. The molecule has 0 aliphatic carbocycles. The van der Waals surface area contributed by atoms with Gasteiger partial charge in [-0.15, -0.1) is 0 Å². The van der Waals surface area contributed by atoms with Crippen LogP contribution in [0.4, 0.5) is 0 Å². The molecule has 2 N–H and O–H groups in total. The molecular formula is C16H26N2O2. The molecule has 0 bridgehead atoms. The second kappa shape index (κ2) is 7.04. The number of nitrogens with zero attached hydrogens (tertiary/aromatic N) is 2. The molecule has 0 saturated carbocycles. The van der Waals surface area contributed by atoms with Crippen LogP contribution in [0.2, 0.25) is 0 Å². The summed E-state index contributed by atoms with van der Waals surface area (Å²) in [4.78, 5) is 6.69. The normalized spacial score (nSPS) is 24.9. The molecule has 4 nitrogen and oxygen atoms in total. The Kier molecular flexibility index (Phi) is 5.38. The fraction of sp³-hybridized carbons (Fsp3) is 0.688. The van der Waals surface area contributed by atoms with Crippen molar-refractivity contribution in [3.63, 3.8) is 0 Å². The van der Waals surface area contributed by atoms with Crippen LogP contribution >= 0.6 is 0 Å². The summed E-state index contributed by atoms with van der Waals surface area (Å²) in [6.07, 6.45) is 3.91. The van der Waals surface area contributed by atoms with Crippen LogP contribution in [0.1, 0.15) is 38.3 Å². The van der Waals surface area contributed by atoms with Gasteiger partial charge in [-0.25, -0.2) is 0 Å². The van der Waals surface area contributed by atoms with Crippen molar-refractivity contribution < 1.29 is 10.2 Å². The largest absolute Gasteiger partial charge is 0.506 e. The van der Waals surface area contributed by atoms with Crippen LogP contribution in [-0.4, -0.2) is 46.3 Å². The van der Waals surface area contributed by atoms with Gasteiger partial charge in [-0.2, -0.15) is 0 Å². The van der Waals surface area contributed by atoms with Crippen molar-refractivity contribution in [2.45, 2.75) is 32.6 Å². The number of aliphatic hydroxyl groups excluding tert-OH is 1. The highest BCUT2D eigenvalue weighted by molar-refractivity contribution is 5.20. The third kappa shape index (κ3) is 3.49. The Hall–Kier alpha value is -1.13. The van der Waals surface area contributed by atoms with E-state index in [-0.39, 0.29) is 18.3 Å². The predicted octanol–water partition coefficient (Wildman–Crippen LogP) is 2.23. The van der Waals surface area contributed by atoms with Crippen LogP contribution in [0.25, 0.3) is 0 Å². The quantitative estimate of drug-likeness (QED) is 0.838. The number of aromatic nitrogens is 1. The molecule has 1 aliphatic heterocycles. The molecule has 112 valence electrons. The predicted molar refractivity (Wildman–Crippen MR) is 79.7 cm³/mol. The van der Waals surface area contributed by atoms with Gasteiger partial charge in [-0.3, -0.25) is 4.98 Å². The van der Waals surface area contributed by atoms with E-state index in [2.05, 4.69) is 23.7 Å². The third-order valence-electron chi connectivity index (χ3n) is 4.59. The molecule has 1 aromatic heterocycles. The van der Waals surface area contributed by atoms with Crippen molar-refractivity contribution in [1.82, 2.24) is 9.88 Å². The average Bonchev–Trinajstić information content (AvgIpc) is 2.88. The fourth-order valence-corrected chi connectivity index (χ4v) is 3.31. The van der Waals surface area contributed by atoms with Crippen molar-refractivity contribution in [2.75, 3.05) is 26.2 Å². The molecule has 20 heavy (non-hydrogen) atoms. The monoisotopic (exact) mass is 278 g/mol. The number of likely N-dealkylation sites (tertiary alicyclic amines) is 1. The summed E-state index contributed by atoms with van der Waals surface area (Å²) in [5, 5.41) is 18.9. The maximum absolute atomic E-state index is 9.63. The van der Waals surface area contributed by atoms with Gasteiger partial charge in [-0.05, 0) is 24.0 Å². The smallest absolute Gasteiger partial charge is 0.133 e. The van der Waals surface area contributed by atoms with Gasteiger partial charge < -0.3 is 15.1 Å². The standard InChI is InChI=1S/C16H26N2O2/c1-3-12-8-18(9-13(12)4-2)10-14(11-19)16-6-5-15(20)7-17-16/h5-7,12-14,19-20H,3-4,8-11H2,1-2H3/t12-,13+,14?. The highest BCUT2D eigenvalue weighted by atomic mass is 16.3. The van der Waals surface area contributed by atoms with E-state index < -0.39 is 0 Å². The molecule has 3 atom stereocenters. The van der Waals surface area contributed by atoms with Crippen LogP contribution in [0, 0.1) is 11.8 Å². The highest BCUT2D eigenvalue weighted by Crippen LogP contribution is 2.30. The minimum absolute atomic E-state index is 0.0312. The Balaban J connectivity index is 1.99. The Bertz CT molecular complexity index is 395. The van der Waals surface area contributed by atoms with Crippen molar-refractivity contribution in [2.24, 2.45) is 11.8 Å². The van der Waals surface area contributed by atoms with Gasteiger partial charge >= 0.3 is 0 Å². The zero-order chi connectivity index (χ0) is 14.5. The minimum atomic E-state index is 0.0312. The van der Waals surface area contributed by atoms with Gasteiger partial charge in [0.15, 0.2) is 0 Å². The third-order valence-corrected chi connectivity index (χ3v) is 4.59.